The van der Waals surface area contributed by atoms with Crippen molar-refractivity contribution in [2.75, 3.05) is 12.0 Å². The molecule has 0 fully saturated rings. The quantitative estimate of drug-likeness (QED) is 0.627. The third-order valence-electron chi connectivity index (χ3n) is 2.92. The summed E-state index contributed by atoms with van der Waals surface area (Å²) in [6.45, 7) is 2.75. The van der Waals surface area contributed by atoms with Gasteiger partial charge < -0.3 is 15.1 Å². The second-order valence-corrected chi connectivity index (χ2v) is 4.49. The van der Waals surface area contributed by atoms with E-state index in [9.17, 15) is 0 Å². The molecule has 1 aromatic heterocycles. The third-order valence-corrected chi connectivity index (χ3v) is 3.35. The molecule has 3 rings (SSSR count). The Morgan fingerprint density at radius 1 is 1.56 bits per heavy atom. The van der Waals surface area contributed by atoms with Gasteiger partial charge in [-0.3, -0.25) is 4.99 Å². The molecular weight excluding hydrogens is 221 g/mol. The van der Waals surface area contributed by atoms with Crippen LogP contribution in [0.3, 0.4) is 0 Å². The number of anilines is 1. The molecular formula is C10H14N5P. The van der Waals surface area contributed by atoms with Crippen LogP contribution in [0.4, 0.5) is 5.82 Å². The van der Waals surface area contributed by atoms with E-state index in [1.807, 2.05) is 16.7 Å². The minimum atomic E-state index is 0.289. The molecule has 0 aromatic carbocycles. The maximum Gasteiger partial charge on any atom is 0.119 e. The summed E-state index contributed by atoms with van der Waals surface area (Å²) >= 11 is 0. The smallest absolute Gasteiger partial charge is 0.119 e. The largest absolute Gasteiger partial charge is 0.352 e. The molecule has 3 heterocycles. The molecule has 6 heteroatoms. The Hall–Kier alpha value is -1.32. The van der Waals surface area contributed by atoms with Gasteiger partial charge in [0.15, 0.2) is 0 Å². The molecule has 2 atom stereocenters. The lowest BCUT2D eigenvalue weighted by Gasteiger charge is -2.18. The number of nitrogens with one attached hydrogen (secondary N) is 3. The van der Waals surface area contributed by atoms with Gasteiger partial charge in [0.1, 0.15) is 12.5 Å². The standard InChI is InChI=1S/C10H14N5P/c1-6-8(4-13-14-6)9-7-2-3-15(16)10(7)12-5-11-9/h2-4,6,12-14H,5,16H2,1H3. The van der Waals surface area contributed by atoms with Crippen molar-refractivity contribution in [2.45, 2.75) is 13.0 Å². The van der Waals surface area contributed by atoms with E-state index < -0.39 is 0 Å². The van der Waals surface area contributed by atoms with E-state index in [-0.39, 0.29) is 6.04 Å². The van der Waals surface area contributed by atoms with Gasteiger partial charge in [-0.15, -0.1) is 0 Å². The zero-order valence-electron chi connectivity index (χ0n) is 8.99. The number of hydrogen-bond acceptors (Lipinski definition) is 4. The van der Waals surface area contributed by atoms with Crippen LogP contribution >= 0.6 is 9.39 Å². The molecule has 3 N–H and O–H groups in total. The van der Waals surface area contributed by atoms with E-state index in [0.29, 0.717) is 6.67 Å². The Balaban J connectivity index is 2.06. The molecule has 0 saturated carbocycles. The number of aromatic nitrogens is 1. The van der Waals surface area contributed by atoms with Crippen LogP contribution in [0.25, 0.3) is 0 Å². The van der Waals surface area contributed by atoms with Crippen LogP contribution in [0.5, 0.6) is 0 Å². The SMILES string of the molecule is CC1NNC=C1C1=NCNc2c1ccn2P. The van der Waals surface area contributed by atoms with Gasteiger partial charge in [0.05, 0.1) is 11.8 Å². The predicted molar refractivity (Wildman–Crippen MR) is 68.4 cm³/mol. The fourth-order valence-electron chi connectivity index (χ4n) is 2.07. The third kappa shape index (κ3) is 1.36. The average Bonchev–Trinajstić information content (AvgIpc) is 2.86. The first-order valence-electron chi connectivity index (χ1n) is 5.24. The van der Waals surface area contributed by atoms with Crippen molar-refractivity contribution in [3.63, 3.8) is 0 Å². The highest BCUT2D eigenvalue weighted by molar-refractivity contribution is 7.14. The van der Waals surface area contributed by atoms with Gasteiger partial charge in [-0.2, -0.15) is 0 Å². The summed E-state index contributed by atoms with van der Waals surface area (Å²) in [5.74, 6) is 1.11. The van der Waals surface area contributed by atoms with Crippen molar-refractivity contribution in [1.29, 1.82) is 0 Å². The fraction of sp³-hybridized carbons (Fsp3) is 0.300. The second kappa shape index (κ2) is 3.61. The lowest BCUT2D eigenvalue weighted by atomic mass is 10.00. The van der Waals surface area contributed by atoms with Gasteiger partial charge in [-0.05, 0) is 22.4 Å². The molecule has 16 heavy (non-hydrogen) atoms. The Morgan fingerprint density at radius 2 is 2.44 bits per heavy atom. The van der Waals surface area contributed by atoms with Gasteiger partial charge in [-0.1, -0.05) is 0 Å². The topological polar surface area (TPSA) is 53.4 Å². The Kier molecular flexibility index (Phi) is 2.23. The van der Waals surface area contributed by atoms with Gasteiger partial charge in [0.2, 0.25) is 0 Å². The fourth-order valence-corrected chi connectivity index (χ4v) is 2.39. The van der Waals surface area contributed by atoms with Crippen molar-refractivity contribution in [3.05, 3.63) is 29.6 Å². The number of fused-ring (bicyclic) bond motifs is 1. The van der Waals surface area contributed by atoms with Crippen LogP contribution in [-0.4, -0.2) is 22.8 Å². The normalized spacial score (nSPS) is 23.0. The summed E-state index contributed by atoms with van der Waals surface area (Å²) in [4.78, 5) is 4.55. The van der Waals surface area contributed by atoms with Crippen LogP contribution in [0.15, 0.2) is 29.0 Å². The first-order chi connectivity index (χ1) is 7.77. The van der Waals surface area contributed by atoms with Crippen LogP contribution in [0.1, 0.15) is 12.5 Å². The maximum absolute atomic E-state index is 4.55. The number of aliphatic imine (C=N–C) groups is 1. The van der Waals surface area contributed by atoms with Crippen molar-refractivity contribution >= 4 is 20.9 Å². The molecule has 0 bridgehead atoms. The van der Waals surface area contributed by atoms with Crippen LogP contribution in [-0.2, 0) is 0 Å². The van der Waals surface area contributed by atoms with Crippen LogP contribution < -0.4 is 16.2 Å². The molecule has 5 nitrogen and oxygen atoms in total. The maximum atomic E-state index is 4.55. The molecule has 0 spiro atoms. The molecule has 1 aromatic rings. The predicted octanol–water partition coefficient (Wildman–Crippen LogP) is 0.679. The van der Waals surface area contributed by atoms with Gasteiger partial charge in [0.25, 0.3) is 0 Å². The molecule has 2 unspecified atom stereocenters. The first kappa shape index (κ1) is 9.87. The van der Waals surface area contributed by atoms with E-state index in [1.165, 1.54) is 5.57 Å². The summed E-state index contributed by atoms with van der Waals surface area (Å²) in [6.07, 6.45) is 4.00. The summed E-state index contributed by atoms with van der Waals surface area (Å²) in [7, 11) is 2.67. The number of rotatable bonds is 1. The molecule has 84 valence electrons. The van der Waals surface area contributed by atoms with E-state index >= 15 is 0 Å². The number of hydrazine groups is 1. The van der Waals surface area contributed by atoms with E-state index in [4.69, 9.17) is 0 Å². The number of nitrogens with zero attached hydrogens (tertiary/aromatic N) is 2. The molecule has 0 amide bonds. The van der Waals surface area contributed by atoms with Crippen molar-refractivity contribution in [1.82, 2.24) is 15.2 Å². The average molecular weight is 235 g/mol. The van der Waals surface area contributed by atoms with Crippen molar-refractivity contribution < 1.29 is 0 Å². The Bertz CT molecular complexity index is 487. The van der Waals surface area contributed by atoms with E-state index in [0.717, 1.165) is 17.1 Å². The van der Waals surface area contributed by atoms with Gasteiger partial charge in [-0.25, -0.2) is 5.43 Å². The molecule has 0 aliphatic carbocycles. The van der Waals surface area contributed by atoms with Crippen molar-refractivity contribution in [3.8, 4) is 0 Å². The van der Waals surface area contributed by atoms with Crippen LogP contribution in [0.2, 0.25) is 0 Å². The summed E-state index contributed by atoms with van der Waals surface area (Å²) in [5.41, 5.74) is 9.61. The zero-order valence-corrected chi connectivity index (χ0v) is 10.1. The van der Waals surface area contributed by atoms with E-state index in [1.54, 1.807) is 0 Å². The summed E-state index contributed by atoms with van der Waals surface area (Å²) in [6, 6.07) is 2.37. The molecule has 2 aliphatic rings. The Labute approximate surface area is 96.2 Å². The summed E-state index contributed by atoms with van der Waals surface area (Å²) in [5, 5.41) is 3.27. The van der Waals surface area contributed by atoms with Crippen LogP contribution in [0, 0.1) is 0 Å². The molecule has 0 saturated heterocycles. The molecule has 0 radical (unpaired) electrons. The zero-order chi connectivity index (χ0) is 11.1. The number of hydrogen-bond donors (Lipinski definition) is 3. The highest BCUT2D eigenvalue weighted by Gasteiger charge is 2.25. The first-order valence-corrected chi connectivity index (χ1v) is 5.75. The highest BCUT2D eigenvalue weighted by Crippen LogP contribution is 2.27. The lowest BCUT2D eigenvalue weighted by Crippen LogP contribution is -2.31. The summed E-state index contributed by atoms with van der Waals surface area (Å²) < 4.78 is 2.01. The molecule has 2 aliphatic heterocycles. The van der Waals surface area contributed by atoms with Gasteiger partial charge >= 0.3 is 0 Å². The van der Waals surface area contributed by atoms with Crippen molar-refractivity contribution in [2.24, 2.45) is 4.99 Å². The highest BCUT2D eigenvalue weighted by atomic mass is 31.0. The Morgan fingerprint density at radius 3 is 3.19 bits per heavy atom. The lowest BCUT2D eigenvalue weighted by molar-refractivity contribution is 0.615. The minimum Gasteiger partial charge on any atom is -0.352 e. The monoisotopic (exact) mass is 235 g/mol. The van der Waals surface area contributed by atoms with Gasteiger partial charge in [0, 0.05) is 23.5 Å². The van der Waals surface area contributed by atoms with E-state index in [2.05, 4.69) is 43.5 Å². The second-order valence-electron chi connectivity index (χ2n) is 3.94. The minimum absolute atomic E-state index is 0.289.